The van der Waals surface area contributed by atoms with E-state index in [1.807, 2.05) is 6.07 Å². The second-order valence-electron chi connectivity index (χ2n) is 8.50. The number of nitrogens with one attached hydrogen (secondary N) is 1. The van der Waals surface area contributed by atoms with Crippen LogP contribution in [0.3, 0.4) is 0 Å². The molecule has 1 heterocycles. The Bertz CT molecular complexity index is 726. The van der Waals surface area contributed by atoms with E-state index in [-0.39, 0.29) is 23.1 Å². The van der Waals surface area contributed by atoms with Crippen LogP contribution < -0.4 is 5.32 Å². The Kier molecular flexibility index (Phi) is 4.75. The maximum absolute atomic E-state index is 6.47. The molecule has 0 saturated carbocycles. The van der Waals surface area contributed by atoms with Gasteiger partial charge in [0.05, 0.1) is 0 Å². The third-order valence-corrected chi connectivity index (χ3v) is 4.82. The summed E-state index contributed by atoms with van der Waals surface area (Å²) in [6, 6.07) is 21.1. The lowest BCUT2D eigenvalue weighted by Gasteiger charge is -2.46. The summed E-state index contributed by atoms with van der Waals surface area (Å²) in [7, 11) is 0. The smallest absolute Gasteiger partial charge is 0.156 e. The van der Waals surface area contributed by atoms with Gasteiger partial charge in [-0.3, -0.25) is 5.32 Å². The molecule has 2 atom stereocenters. The van der Waals surface area contributed by atoms with Gasteiger partial charge in [0.2, 0.25) is 0 Å². The first-order valence-corrected chi connectivity index (χ1v) is 9.04. The molecule has 0 fully saturated rings. The zero-order chi connectivity index (χ0) is 18.1. The summed E-state index contributed by atoms with van der Waals surface area (Å²) in [6.45, 7) is 11.1. The lowest BCUT2D eigenvalue weighted by Crippen LogP contribution is -2.54. The molecule has 3 rings (SSSR count). The molecule has 1 aliphatic rings. The third kappa shape index (κ3) is 3.96. The molecule has 1 N–H and O–H groups in total. The molecule has 132 valence electrons. The monoisotopic (exact) mass is 335 g/mol. The van der Waals surface area contributed by atoms with Crippen molar-refractivity contribution in [2.75, 3.05) is 0 Å². The van der Waals surface area contributed by atoms with Crippen LogP contribution in [-0.4, -0.2) is 11.8 Å². The van der Waals surface area contributed by atoms with Crippen molar-refractivity contribution in [2.24, 2.45) is 5.41 Å². The van der Waals surface area contributed by atoms with Gasteiger partial charge < -0.3 is 4.74 Å². The van der Waals surface area contributed by atoms with Crippen molar-refractivity contribution in [1.82, 2.24) is 5.32 Å². The first-order chi connectivity index (χ1) is 11.8. The summed E-state index contributed by atoms with van der Waals surface area (Å²) in [5, 5.41) is 3.68. The summed E-state index contributed by atoms with van der Waals surface area (Å²) in [6.07, 6.45) is 2.21. The second-order valence-corrected chi connectivity index (χ2v) is 8.50. The van der Waals surface area contributed by atoms with Gasteiger partial charge in [0.1, 0.15) is 5.76 Å². The SMILES string of the molecule is CC(C)(C)NC1OC(c2ccccc2)=CC(c2ccccc2)C1(C)C. The van der Waals surface area contributed by atoms with E-state index >= 15 is 0 Å². The van der Waals surface area contributed by atoms with Gasteiger partial charge in [0.25, 0.3) is 0 Å². The highest BCUT2D eigenvalue weighted by Crippen LogP contribution is 2.46. The van der Waals surface area contributed by atoms with Crippen LogP contribution in [0.4, 0.5) is 0 Å². The molecule has 0 spiro atoms. The maximum atomic E-state index is 6.47. The van der Waals surface area contributed by atoms with Gasteiger partial charge in [-0.2, -0.15) is 0 Å². The normalized spacial score (nSPS) is 22.8. The van der Waals surface area contributed by atoms with Crippen molar-refractivity contribution in [1.29, 1.82) is 0 Å². The van der Waals surface area contributed by atoms with Gasteiger partial charge in [-0.25, -0.2) is 0 Å². The molecule has 0 bridgehead atoms. The summed E-state index contributed by atoms with van der Waals surface area (Å²) >= 11 is 0. The molecule has 2 unspecified atom stereocenters. The maximum Gasteiger partial charge on any atom is 0.156 e. The van der Waals surface area contributed by atoms with Crippen molar-refractivity contribution in [2.45, 2.75) is 52.3 Å². The van der Waals surface area contributed by atoms with E-state index in [9.17, 15) is 0 Å². The molecule has 2 heteroatoms. The molecule has 0 saturated heterocycles. The fraction of sp³-hybridized carbons (Fsp3) is 0.391. The molecule has 0 radical (unpaired) electrons. The zero-order valence-electron chi connectivity index (χ0n) is 15.9. The summed E-state index contributed by atoms with van der Waals surface area (Å²) in [4.78, 5) is 0. The number of ether oxygens (including phenoxy) is 1. The highest BCUT2D eigenvalue weighted by molar-refractivity contribution is 5.62. The van der Waals surface area contributed by atoms with Crippen molar-refractivity contribution in [3.05, 3.63) is 77.9 Å². The van der Waals surface area contributed by atoms with Gasteiger partial charge in [-0.15, -0.1) is 0 Å². The molecule has 2 aromatic carbocycles. The highest BCUT2D eigenvalue weighted by Gasteiger charge is 2.44. The Morgan fingerprint density at radius 1 is 0.880 bits per heavy atom. The van der Waals surface area contributed by atoms with Gasteiger partial charge in [-0.1, -0.05) is 74.5 Å². The van der Waals surface area contributed by atoms with Crippen LogP contribution in [0.25, 0.3) is 5.76 Å². The predicted octanol–water partition coefficient (Wildman–Crippen LogP) is 5.58. The van der Waals surface area contributed by atoms with E-state index in [0.29, 0.717) is 0 Å². The highest BCUT2D eigenvalue weighted by atomic mass is 16.5. The minimum Gasteiger partial charge on any atom is -0.474 e. The number of rotatable bonds is 3. The van der Waals surface area contributed by atoms with Crippen LogP contribution in [0.5, 0.6) is 0 Å². The number of hydrogen-bond acceptors (Lipinski definition) is 2. The molecule has 1 aliphatic heterocycles. The first-order valence-electron chi connectivity index (χ1n) is 9.04. The summed E-state index contributed by atoms with van der Waals surface area (Å²) in [5.41, 5.74) is 2.35. The van der Waals surface area contributed by atoms with Gasteiger partial charge in [-0.05, 0) is 32.4 Å². The Morgan fingerprint density at radius 2 is 1.44 bits per heavy atom. The average molecular weight is 335 g/mol. The quantitative estimate of drug-likeness (QED) is 0.790. The summed E-state index contributed by atoms with van der Waals surface area (Å²) < 4.78 is 6.47. The largest absolute Gasteiger partial charge is 0.474 e. The van der Waals surface area contributed by atoms with Crippen molar-refractivity contribution >= 4 is 5.76 Å². The van der Waals surface area contributed by atoms with Crippen LogP contribution in [0.2, 0.25) is 0 Å². The van der Waals surface area contributed by atoms with Gasteiger partial charge >= 0.3 is 0 Å². The minimum atomic E-state index is -0.0765. The van der Waals surface area contributed by atoms with E-state index < -0.39 is 0 Å². The van der Waals surface area contributed by atoms with E-state index in [4.69, 9.17) is 4.74 Å². The van der Waals surface area contributed by atoms with Crippen LogP contribution >= 0.6 is 0 Å². The summed E-state index contributed by atoms with van der Waals surface area (Å²) in [5.74, 6) is 1.23. The first kappa shape index (κ1) is 17.8. The van der Waals surface area contributed by atoms with E-state index in [0.717, 1.165) is 11.3 Å². The zero-order valence-corrected chi connectivity index (χ0v) is 15.9. The number of allylic oxidation sites excluding steroid dienone is 1. The molecule has 2 aromatic rings. The van der Waals surface area contributed by atoms with Gasteiger partial charge in [0, 0.05) is 22.4 Å². The molecule has 0 amide bonds. The predicted molar refractivity (Wildman–Crippen MR) is 105 cm³/mol. The lowest BCUT2D eigenvalue weighted by molar-refractivity contribution is -0.0179. The Balaban J connectivity index is 2.06. The van der Waals surface area contributed by atoms with Crippen LogP contribution in [0.1, 0.15) is 51.7 Å². The number of benzene rings is 2. The number of hydrogen-bond donors (Lipinski definition) is 1. The average Bonchev–Trinajstić information content (AvgIpc) is 2.57. The topological polar surface area (TPSA) is 21.3 Å². The molecule has 0 aromatic heterocycles. The molecule has 25 heavy (non-hydrogen) atoms. The van der Waals surface area contributed by atoms with Gasteiger partial charge in [0.15, 0.2) is 6.23 Å². The Hall–Kier alpha value is -2.06. The van der Waals surface area contributed by atoms with Crippen LogP contribution in [-0.2, 0) is 4.74 Å². The Labute approximate surface area is 151 Å². The molecule has 0 aliphatic carbocycles. The Morgan fingerprint density at radius 3 is 2.00 bits per heavy atom. The van der Waals surface area contributed by atoms with Crippen LogP contribution in [0.15, 0.2) is 66.7 Å². The third-order valence-electron chi connectivity index (χ3n) is 4.82. The van der Waals surface area contributed by atoms with E-state index in [1.165, 1.54) is 5.56 Å². The minimum absolute atomic E-state index is 0.0255. The van der Waals surface area contributed by atoms with Crippen molar-refractivity contribution in [3.63, 3.8) is 0 Å². The van der Waals surface area contributed by atoms with Crippen molar-refractivity contribution in [3.8, 4) is 0 Å². The fourth-order valence-electron chi connectivity index (χ4n) is 3.41. The second kappa shape index (κ2) is 6.68. The molecular formula is C23H29NO. The van der Waals surface area contributed by atoms with E-state index in [2.05, 4.69) is 101 Å². The molecule has 2 nitrogen and oxygen atoms in total. The fourth-order valence-corrected chi connectivity index (χ4v) is 3.41. The molecular weight excluding hydrogens is 306 g/mol. The van der Waals surface area contributed by atoms with Crippen LogP contribution in [0, 0.1) is 5.41 Å². The van der Waals surface area contributed by atoms with E-state index in [1.54, 1.807) is 0 Å². The standard InChI is InChI=1S/C23H29NO/c1-22(2,3)24-21-23(4,5)19(17-12-8-6-9-13-17)16-20(25-21)18-14-10-7-11-15-18/h6-16,19,21,24H,1-5H3. The lowest BCUT2D eigenvalue weighted by atomic mass is 9.71. The van der Waals surface area contributed by atoms with Crippen molar-refractivity contribution < 1.29 is 4.74 Å².